The van der Waals surface area contributed by atoms with Gasteiger partial charge in [-0.3, -0.25) is 4.79 Å². The molecule has 122 valence electrons. The number of amides is 1. The van der Waals surface area contributed by atoms with Gasteiger partial charge in [0.15, 0.2) is 9.84 Å². The van der Waals surface area contributed by atoms with Gasteiger partial charge in [0.05, 0.1) is 10.6 Å². The first kappa shape index (κ1) is 17.8. The molecule has 0 aromatic heterocycles. The fraction of sp³-hybridized carbons (Fsp3) is 0.188. The SMILES string of the molecule is CCSc1ccc(Cl)cc1NC(=O)c1cccc(S(C)(=O)=O)c1. The van der Waals surface area contributed by atoms with Crippen molar-refractivity contribution in [2.75, 3.05) is 17.3 Å². The van der Waals surface area contributed by atoms with E-state index in [9.17, 15) is 13.2 Å². The smallest absolute Gasteiger partial charge is 0.255 e. The summed E-state index contributed by atoms with van der Waals surface area (Å²) in [5.41, 5.74) is 0.888. The van der Waals surface area contributed by atoms with Crippen LogP contribution >= 0.6 is 23.4 Å². The van der Waals surface area contributed by atoms with Crippen molar-refractivity contribution < 1.29 is 13.2 Å². The van der Waals surface area contributed by atoms with E-state index in [1.807, 2.05) is 13.0 Å². The Morgan fingerprint density at radius 1 is 1.22 bits per heavy atom. The summed E-state index contributed by atoms with van der Waals surface area (Å²) >= 11 is 7.58. The highest BCUT2D eigenvalue weighted by atomic mass is 35.5. The van der Waals surface area contributed by atoms with Gasteiger partial charge < -0.3 is 5.32 Å². The number of hydrogen-bond acceptors (Lipinski definition) is 4. The van der Waals surface area contributed by atoms with Gasteiger partial charge in [0.25, 0.3) is 5.91 Å². The van der Waals surface area contributed by atoms with Crippen LogP contribution in [-0.4, -0.2) is 26.3 Å². The van der Waals surface area contributed by atoms with Crippen LogP contribution in [0.1, 0.15) is 17.3 Å². The maximum absolute atomic E-state index is 12.4. The molecule has 1 N–H and O–H groups in total. The van der Waals surface area contributed by atoms with E-state index >= 15 is 0 Å². The van der Waals surface area contributed by atoms with Crippen LogP contribution in [0.3, 0.4) is 0 Å². The van der Waals surface area contributed by atoms with Crippen molar-refractivity contribution in [3.05, 3.63) is 53.1 Å². The number of thioether (sulfide) groups is 1. The summed E-state index contributed by atoms with van der Waals surface area (Å²) in [4.78, 5) is 13.4. The molecule has 0 spiro atoms. The Kier molecular flexibility index (Phi) is 5.73. The lowest BCUT2D eigenvalue weighted by Gasteiger charge is -2.11. The predicted octanol–water partition coefficient (Wildman–Crippen LogP) is 4.11. The van der Waals surface area contributed by atoms with Crippen LogP contribution in [0.4, 0.5) is 5.69 Å². The van der Waals surface area contributed by atoms with Gasteiger partial charge in [-0.15, -0.1) is 11.8 Å². The van der Waals surface area contributed by atoms with Gasteiger partial charge in [-0.25, -0.2) is 8.42 Å². The minimum atomic E-state index is -3.36. The van der Waals surface area contributed by atoms with Crippen LogP contribution in [0.15, 0.2) is 52.3 Å². The minimum Gasteiger partial charge on any atom is -0.321 e. The van der Waals surface area contributed by atoms with E-state index in [0.29, 0.717) is 10.7 Å². The second-order valence-corrected chi connectivity index (χ2v) is 8.59. The van der Waals surface area contributed by atoms with Crippen molar-refractivity contribution in [3.63, 3.8) is 0 Å². The third-order valence-electron chi connectivity index (χ3n) is 3.01. The molecule has 0 unspecified atom stereocenters. The van der Waals surface area contributed by atoms with Gasteiger partial charge in [-0.2, -0.15) is 0 Å². The van der Waals surface area contributed by atoms with Crippen LogP contribution < -0.4 is 5.32 Å². The molecule has 0 fully saturated rings. The minimum absolute atomic E-state index is 0.111. The summed E-state index contributed by atoms with van der Waals surface area (Å²) in [7, 11) is -3.36. The first-order chi connectivity index (χ1) is 10.8. The quantitative estimate of drug-likeness (QED) is 0.805. The largest absolute Gasteiger partial charge is 0.321 e. The van der Waals surface area contributed by atoms with Gasteiger partial charge in [0.2, 0.25) is 0 Å². The third-order valence-corrected chi connectivity index (χ3v) is 5.32. The molecule has 0 aliphatic heterocycles. The van der Waals surface area contributed by atoms with Crippen LogP contribution in [-0.2, 0) is 9.84 Å². The molecule has 0 saturated heterocycles. The summed E-state index contributed by atoms with van der Waals surface area (Å²) in [6.07, 6.45) is 1.11. The molecular weight excluding hydrogens is 354 g/mol. The van der Waals surface area contributed by atoms with Crippen molar-refractivity contribution in [2.45, 2.75) is 16.7 Å². The van der Waals surface area contributed by atoms with Crippen molar-refractivity contribution >= 4 is 44.8 Å². The van der Waals surface area contributed by atoms with E-state index in [-0.39, 0.29) is 16.4 Å². The zero-order valence-corrected chi connectivity index (χ0v) is 15.1. The average molecular weight is 370 g/mol. The van der Waals surface area contributed by atoms with Crippen molar-refractivity contribution in [2.24, 2.45) is 0 Å². The molecule has 0 aliphatic rings. The predicted molar refractivity (Wildman–Crippen MR) is 95.4 cm³/mol. The zero-order valence-electron chi connectivity index (χ0n) is 12.7. The lowest BCUT2D eigenvalue weighted by molar-refractivity contribution is 0.102. The van der Waals surface area contributed by atoms with Crippen molar-refractivity contribution in [1.82, 2.24) is 0 Å². The van der Waals surface area contributed by atoms with Gasteiger partial charge in [-0.1, -0.05) is 24.6 Å². The van der Waals surface area contributed by atoms with Crippen LogP contribution in [0.2, 0.25) is 5.02 Å². The Balaban J connectivity index is 2.31. The highest BCUT2D eigenvalue weighted by Crippen LogP contribution is 2.30. The highest BCUT2D eigenvalue weighted by molar-refractivity contribution is 7.99. The van der Waals surface area contributed by atoms with E-state index in [2.05, 4.69) is 5.32 Å². The average Bonchev–Trinajstić information content (AvgIpc) is 2.49. The number of hydrogen-bond donors (Lipinski definition) is 1. The van der Waals surface area contributed by atoms with Crippen LogP contribution in [0, 0.1) is 0 Å². The van der Waals surface area contributed by atoms with Crippen LogP contribution in [0.5, 0.6) is 0 Å². The highest BCUT2D eigenvalue weighted by Gasteiger charge is 2.13. The number of carbonyl (C=O) groups is 1. The maximum Gasteiger partial charge on any atom is 0.255 e. The molecule has 0 bridgehead atoms. The number of benzene rings is 2. The van der Waals surface area contributed by atoms with Gasteiger partial charge >= 0.3 is 0 Å². The summed E-state index contributed by atoms with van der Waals surface area (Å²) in [5.74, 6) is 0.476. The first-order valence-corrected chi connectivity index (χ1v) is 10.1. The summed E-state index contributed by atoms with van der Waals surface area (Å²) in [5, 5.41) is 3.31. The number of nitrogens with one attached hydrogen (secondary N) is 1. The molecule has 4 nitrogen and oxygen atoms in total. The number of anilines is 1. The topological polar surface area (TPSA) is 63.2 Å². The van der Waals surface area contributed by atoms with E-state index in [1.54, 1.807) is 36.0 Å². The lowest BCUT2D eigenvalue weighted by atomic mass is 10.2. The molecule has 2 aromatic carbocycles. The van der Waals surface area contributed by atoms with E-state index in [1.165, 1.54) is 12.1 Å². The second-order valence-electron chi connectivity index (χ2n) is 4.83. The molecule has 0 aliphatic carbocycles. The Labute approximate surface area is 145 Å². The monoisotopic (exact) mass is 369 g/mol. The summed E-state index contributed by atoms with van der Waals surface area (Å²) < 4.78 is 23.2. The standard InChI is InChI=1S/C16H16ClNO3S2/c1-3-22-15-8-7-12(17)10-14(15)18-16(19)11-5-4-6-13(9-11)23(2,20)21/h4-10H,3H2,1-2H3,(H,18,19). The first-order valence-electron chi connectivity index (χ1n) is 6.85. The van der Waals surface area contributed by atoms with E-state index in [0.717, 1.165) is 16.9 Å². The molecule has 0 heterocycles. The zero-order chi connectivity index (χ0) is 17.0. The number of halogens is 1. The van der Waals surface area contributed by atoms with Gasteiger partial charge in [-0.05, 0) is 42.2 Å². The van der Waals surface area contributed by atoms with Crippen molar-refractivity contribution in [1.29, 1.82) is 0 Å². The molecular formula is C16H16ClNO3S2. The molecule has 0 radical (unpaired) electrons. The van der Waals surface area contributed by atoms with E-state index in [4.69, 9.17) is 11.6 Å². The fourth-order valence-electron chi connectivity index (χ4n) is 1.94. The lowest BCUT2D eigenvalue weighted by Crippen LogP contribution is -2.13. The Morgan fingerprint density at radius 2 is 1.96 bits per heavy atom. The maximum atomic E-state index is 12.4. The second kappa shape index (κ2) is 7.38. The Hall–Kier alpha value is -1.50. The fourth-order valence-corrected chi connectivity index (χ4v) is 3.52. The van der Waals surface area contributed by atoms with Crippen molar-refractivity contribution in [3.8, 4) is 0 Å². The molecule has 7 heteroatoms. The molecule has 1 amide bonds. The van der Waals surface area contributed by atoms with Crippen LogP contribution in [0.25, 0.3) is 0 Å². The van der Waals surface area contributed by atoms with Gasteiger partial charge in [0, 0.05) is 21.7 Å². The molecule has 0 saturated carbocycles. The molecule has 0 atom stereocenters. The van der Waals surface area contributed by atoms with Gasteiger partial charge in [0.1, 0.15) is 0 Å². The summed E-state index contributed by atoms with van der Waals surface area (Å²) in [6, 6.07) is 11.2. The summed E-state index contributed by atoms with van der Waals surface area (Å²) in [6.45, 7) is 2.01. The number of rotatable bonds is 5. The number of carbonyl (C=O) groups excluding carboxylic acids is 1. The number of sulfone groups is 1. The third kappa shape index (κ3) is 4.73. The molecule has 2 aromatic rings. The normalized spacial score (nSPS) is 11.3. The molecule has 23 heavy (non-hydrogen) atoms. The Morgan fingerprint density at radius 3 is 2.61 bits per heavy atom. The van der Waals surface area contributed by atoms with E-state index < -0.39 is 9.84 Å². The molecule has 2 rings (SSSR count). The Bertz CT molecular complexity index is 835.